The predicted molar refractivity (Wildman–Crippen MR) is 66.6 cm³/mol. The third-order valence-electron chi connectivity index (χ3n) is 2.77. The average molecular weight is 233 g/mol. The van der Waals surface area contributed by atoms with E-state index in [0.29, 0.717) is 0 Å². The first-order valence-electron chi connectivity index (χ1n) is 6.03. The number of fused-ring (bicyclic) bond motifs is 1. The topological polar surface area (TPSA) is 68.1 Å². The highest BCUT2D eigenvalue weighted by Gasteiger charge is 2.30. The van der Waals surface area contributed by atoms with Crippen molar-refractivity contribution in [1.82, 2.24) is 4.98 Å². The van der Waals surface area contributed by atoms with Gasteiger partial charge in [0.25, 0.3) is 0 Å². The first-order valence-corrected chi connectivity index (χ1v) is 5.32. The number of carbonyl (C=O) groups is 1. The summed E-state index contributed by atoms with van der Waals surface area (Å²) in [5, 5.41) is 1.02. The molecule has 0 spiro atoms. The maximum atomic E-state index is 11.6. The van der Waals surface area contributed by atoms with Crippen molar-refractivity contribution in [3.8, 4) is 0 Å². The Morgan fingerprint density at radius 1 is 1.59 bits per heavy atom. The normalized spacial score (nSPS) is 15.3. The summed E-state index contributed by atoms with van der Waals surface area (Å²) >= 11 is 0. The van der Waals surface area contributed by atoms with E-state index in [4.69, 9.17) is 7.10 Å². The summed E-state index contributed by atoms with van der Waals surface area (Å²) in [6.07, 6.45) is 2.11. The molecule has 4 heteroatoms. The van der Waals surface area contributed by atoms with Crippen LogP contribution in [0.4, 0.5) is 0 Å². The number of aromatic nitrogens is 1. The van der Waals surface area contributed by atoms with Crippen molar-refractivity contribution in [3.05, 3.63) is 36.0 Å². The van der Waals surface area contributed by atoms with Crippen molar-refractivity contribution in [1.29, 1.82) is 0 Å². The fourth-order valence-electron chi connectivity index (χ4n) is 1.89. The van der Waals surface area contributed by atoms with Crippen molar-refractivity contribution >= 4 is 16.9 Å². The smallest absolute Gasteiger partial charge is 0.325 e. The first-order chi connectivity index (χ1) is 8.60. The van der Waals surface area contributed by atoms with Crippen molar-refractivity contribution in [2.75, 3.05) is 7.11 Å². The molecule has 0 aliphatic carbocycles. The Morgan fingerprint density at radius 3 is 3.06 bits per heavy atom. The van der Waals surface area contributed by atoms with Gasteiger partial charge in [-0.3, -0.25) is 4.79 Å². The van der Waals surface area contributed by atoms with Gasteiger partial charge in [-0.15, -0.1) is 0 Å². The van der Waals surface area contributed by atoms with Crippen LogP contribution in [0.3, 0.4) is 0 Å². The number of esters is 1. The summed E-state index contributed by atoms with van der Waals surface area (Å²) in [6.45, 7) is -0.209. The molecule has 0 radical (unpaired) electrons. The number of ether oxygens (including phenoxy) is 1. The molecule has 17 heavy (non-hydrogen) atoms. The number of para-hydroxylation sites is 1. The molecular formula is C13H16N2O2. The van der Waals surface area contributed by atoms with Gasteiger partial charge < -0.3 is 15.5 Å². The minimum Gasteiger partial charge on any atom is -0.468 e. The van der Waals surface area contributed by atoms with Crippen molar-refractivity contribution in [2.45, 2.75) is 18.9 Å². The van der Waals surface area contributed by atoms with Gasteiger partial charge in [-0.05, 0) is 18.5 Å². The third-order valence-corrected chi connectivity index (χ3v) is 2.77. The maximum Gasteiger partial charge on any atom is 0.325 e. The van der Waals surface area contributed by atoms with E-state index in [-0.39, 0.29) is 13.3 Å². The number of hydrogen-bond acceptors (Lipinski definition) is 3. The van der Waals surface area contributed by atoms with Crippen molar-refractivity contribution < 1.29 is 10.9 Å². The first kappa shape index (κ1) is 10.4. The van der Waals surface area contributed by atoms with Gasteiger partial charge in [-0.1, -0.05) is 18.2 Å². The highest BCUT2D eigenvalue weighted by atomic mass is 16.5. The molecule has 1 aromatic heterocycles. The molecule has 1 aromatic carbocycles. The van der Waals surface area contributed by atoms with Gasteiger partial charge in [-0.2, -0.15) is 0 Å². The van der Waals surface area contributed by atoms with Crippen LogP contribution in [0.2, 0.25) is 0 Å². The summed E-state index contributed by atoms with van der Waals surface area (Å²) in [5.41, 5.74) is 6.58. The van der Waals surface area contributed by atoms with Gasteiger partial charge in [0, 0.05) is 24.9 Å². The van der Waals surface area contributed by atoms with E-state index in [1.54, 1.807) is 0 Å². The van der Waals surface area contributed by atoms with Crippen LogP contribution in [0.5, 0.6) is 0 Å². The molecule has 90 valence electrons. The summed E-state index contributed by atoms with van der Waals surface area (Å²) in [7, 11) is 1.29. The van der Waals surface area contributed by atoms with Crippen LogP contribution >= 0.6 is 0 Å². The highest BCUT2D eigenvalue weighted by Crippen LogP contribution is 2.21. The number of hydrogen-bond donors (Lipinski definition) is 2. The standard InChI is InChI=1S/C13H16N2O2/c1-13(14,12(16)17-2)7-9-8-15-11-6-4-3-5-10(9)11/h3-6,8,15H,7,14H2,1-2H3/t13-/m0/s1/i1D. The number of benzene rings is 1. The fraction of sp³-hybridized carbons (Fsp3) is 0.308. The van der Waals surface area contributed by atoms with Gasteiger partial charge in [0.1, 0.15) is 5.54 Å². The Labute approximate surface area is 101 Å². The lowest BCUT2D eigenvalue weighted by Gasteiger charge is -2.20. The van der Waals surface area contributed by atoms with E-state index in [1.165, 1.54) is 7.11 Å². The molecule has 4 nitrogen and oxygen atoms in total. The monoisotopic (exact) mass is 233 g/mol. The van der Waals surface area contributed by atoms with Gasteiger partial charge in [0.2, 0.25) is 0 Å². The second-order valence-corrected chi connectivity index (χ2v) is 4.18. The van der Waals surface area contributed by atoms with Crippen LogP contribution in [0.25, 0.3) is 10.9 Å². The van der Waals surface area contributed by atoms with Crippen LogP contribution in [0, 0.1) is 0 Å². The van der Waals surface area contributed by atoms with E-state index in [1.807, 2.05) is 30.5 Å². The summed E-state index contributed by atoms with van der Waals surface area (Å²) in [4.78, 5) is 14.8. The van der Waals surface area contributed by atoms with Gasteiger partial charge in [0.05, 0.1) is 7.11 Å². The second kappa shape index (κ2) is 4.22. The molecule has 0 unspecified atom stereocenters. The second-order valence-electron chi connectivity index (χ2n) is 4.18. The molecular weight excluding hydrogens is 216 g/mol. The Morgan fingerprint density at radius 2 is 2.35 bits per heavy atom. The zero-order chi connectivity index (χ0) is 13.2. The third kappa shape index (κ3) is 2.17. The Hall–Kier alpha value is -1.81. The largest absolute Gasteiger partial charge is 0.468 e. The van der Waals surface area contributed by atoms with Crippen molar-refractivity contribution in [3.63, 3.8) is 0 Å². The molecule has 1 heterocycles. The lowest BCUT2D eigenvalue weighted by molar-refractivity contribution is -0.146. The quantitative estimate of drug-likeness (QED) is 0.791. The fourth-order valence-corrected chi connectivity index (χ4v) is 1.89. The zero-order valence-corrected chi connectivity index (χ0v) is 9.69. The molecule has 1 atom stereocenters. The van der Waals surface area contributed by atoms with E-state index in [0.717, 1.165) is 16.5 Å². The van der Waals surface area contributed by atoms with E-state index in [9.17, 15) is 4.79 Å². The molecule has 0 fully saturated rings. The minimum absolute atomic E-state index is 0.209. The Kier molecular flexibility index (Phi) is 2.57. The maximum absolute atomic E-state index is 11.6. The van der Waals surface area contributed by atoms with Gasteiger partial charge in [0.15, 0.2) is 0 Å². The summed E-state index contributed by atoms with van der Waals surface area (Å²) < 4.78 is 12.1. The molecule has 3 N–H and O–H groups in total. The predicted octanol–water partition coefficient (Wildman–Crippen LogP) is 1.60. The molecule has 0 bridgehead atoms. The van der Waals surface area contributed by atoms with Crippen LogP contribution < -0.4 is 5.73 Å². The van der Waals surface area contributed by atoms with Crippen LogP contribution in [0.1, 0.15) is 13.8 Å². The SMILES string of the molecule is [2H]C[C@](N)(Cc1c[nH]c2ccccc12)C(=O)OC. The summed E-state index contributed by atoms with van der Waals surface area (Å²) in [6, 6.07) is 7.78. The molecule has 0 aliphatic rings. The van der Waals surface area contributed by atoms with E-state index in [2.05, 4.69) is 9.72 Å². The van der Waals surface area contributed by atoms with Crippen molar-refractivity contribution in [2.24, 2.45) is 5.73 Å². The summed E-state index contributed by atoms with van der Waals surface area (Å²) in [5.74, 6) is -0.553. The van der Waals surface area contributed by atoms with E-state index >= 15 is 0 Å². The molecule has 0 amide bonds. The van der Waals surface area contributed by atoms with E-state index < -0.39 is 11.5 Å². The zero-order valence-electron chi connectivity index (χ0n) is 10.7. The van der Waals surface area contributed by atoms with Crippen LogP contribution in [-0.4, -0.2) is 23.6 Å². The number of aromatic amines is 1. The molecule has 0 aliphatic heterocycles. The lowest BCUT2D eigenvalue weighted by atomic mass is 9.94. The average Bonchev–Trinajstić information content (AvgIpc) is 2.81. The minimum atomic E-state index is -1.29. The number of methoxy groups -OCH3 is 1. The van der Waals surface area contributed by atoms with Crippen LogP contribution in [0.15, 0.2) is 30.5 Å². The highest BCUT2D eigenvalue weighted by molar-refractivity contribution is 5.85. The molecule has 0 saturated heterocycles. The molecule has 0 saturated carbocycles. The molecule has 2 aromatic rings. The van der Waals surface area contributed by atoms with Gasteiger partial charge >= 0.3 is 5.97 Å². The van der Waals surface area contributed by atoms with Gasteiger partial charge in [-0.25, -0.2) is 0 Å². The number of nitrogens with one attached hydrogen (secondary N) is 1. The number of nitrogens with two attached hydrogens (primary N) is 1. The Bertz CT molecular complexity index is 567. The van der Waals surface area contributed by atoms with Crippen LogP contribution in [-0.2, 0) is 16.0 Å². The number of carbonyl (C=O) groups excluding carboxylic acids is 1. The molecule has 2 rings (SSSR count). The number of H-pyrrole nitrogens is 1. The lowest BCUT2D eigenvalue weighted by Crippen LogP contribution is -2.47. The number of rotatable bonds is 3. The Balaban J connectivity index is 2.35.